The molecule has 0 radical (unpaired) electrons. The zero-order valence-corrected chi connectivity index (χ0v) is 9.04. The minimum absolute atomic E-state index is 0.255. The van der Waals surface area contributed by atoms with Crippen LogP contribution in [0.1, 0.15) is 4.88 Å². The number of rotatable bonds is 3. The molecular formula is C9H9N3O3S. The molecule has 2 aromatic heterocycles. The molecule has 0 bridgehead atoms. The fourth-order valence-electron chi connectivity index (χ4n) is 1.33. The fraction of sp³-hybridized carbons (Fsp3) is 0.222. The van der Waals surface area contributed by atoms with Gasteiger partial charge < -0.3 is 0 Å². The molecule has 84 valence electrons. The average Bonchev–Trinajstić information content (AvgIpc) is 2.68. The first-order chi connectivity index (χ1) is 7.66. The summed E-state index contributed by atoms with van der Waals surface area (Å²) in [6, 6.07) is 3.83. The highest BCUT2D eigenvalue weighted by atomic mass is 32.1. The van der Waals surface area contributed by atoms with Gasteiger partial charge in [-0.05, 0) is 11.4 Å². The second-order valence-corrected chi connectivity index (χ2v) is 4.20. The van der Waals surface area contributed by atoms with E-state index in [1.165, 1.54) is 0 Å². The van der Waals surface area contributed by atoms with E-state index in [1.54, 1.807) is 11.3 Å². The Balaban J connectivity index is 2.26. The van der Waals surface area contributed by atoms with Crippen molar-refractivity contribution in [2.75, 3.05) is 0 Å². The SMILES string of the molecule is O=c1[nH]c(=O)n(CCc2cccs2)c(=O)[nH]1. The largest absolute Gasteiger partial charge is 0.333 e. The minimum atomic E-state index is -0.776. The lowest BCUT2D eigenvalue weighted by molar-refractivity contribution is 0.599. The summed E-state index contributed by atoms with van der Waals surface area (Å²) in [6.07, 6.45) is 0.590. The van der Waals surface area contributed by atoms with Crippen LogP contribution in [0.4, 0.5) is 0 Å². The van der Waals surface area contributed by atoms with Crippen molar-refractivity contribution in [3.63, 3.8) is 0 Å². The summed E-state index contributed by atoms with van der Waals surface area (Å²) in [5, 5.41) is 1.93. The van der Waals surface area contributed by atoms with Crippen molar-refractivity contribution in [3.05, 3.63) is 53.8 Å². The summed E-state index contributed by atoms with van der Waals surface area (Å²) in [4.78, 5) is 38.5. The Hall–Kier alpha value is -1.89. The molecule has 2 aromatic rings. The van der Waals surface area contributed by atoms with Crippen molar-refractivity contribution in [2.24, 2.45) is 0 Å². The predicted molar refractivity (Wildman–Crippen MR) is 60.0 cm³/mol. The van der Waals surface area contributed by atoms with Crippen LogP contribution in [0.15, 0.2) is 31.9 Å². The first-order valence-electron chi connectivity index (χ1n) is 4.62. The fourth-order valence-corrected chi connectivity index (χ4v) is 2.03. The number of hydrogen-bond donors (Lipinski definition) is 2. The third kappa shape index (κ3) is 2.19. The van der Waals surface area contributed by atoms with Crippen molar-refractivity contribution in [1.82, 2.24) is 14.5 Å². The summed E-state index contributed by atoms with van der Waals surface area (Å²) >= 11 is 1.56. The van der Waals surface area contributed by atoms with Gasteiger partial charge in [0.15, 0.2) is 0 Å². The molecule has 2 heterocycles. The second-order valence-electron chi connectivity index (χ2n) is 3.17. The molecule has 0 saturated heterocycles. The molecule has 0 aliphatic carbocycles. The molecule has 7 heteroatoms. The van der Waals surface area contributed by atoms with Crippen molar-refractivity contribution < 1.29 is 0 Å². The van der Waals surface area contributed by atoms with E-state index in [1.807, 2.05) is 27.5 Å². The summed E-state index contributed by atoms with van der Waals surface area (Å²) in [6.45, 7) is 0.255. The molecule has 0 aromatic carbocycles. The lowest BCUT2D eigenvalue weighted by atomic mass is 10.3. The zero-order chi connectivity index (χ0) is 11.5. The molecule has 0 fully saturated rings. The molecule has 0 spiro atoms. The van der Waals surface area contributed by atoms with Gasteiger partial charge in [0, 0.05) is 17.8 Å². The monoisotopic (exact) mass is 239 g/mol. The molecule has 0 amide bonds. The van der Waals surface area contributed by atoms with Crippen molar-refractivity contribution in [1.29, 1.82) is 0 Å². The number of nitrogens with one attached hydrogen (secondary N) is 2. The number of thiophene rings is 1. The van der Waals surface area contributed by atoms with Gasteiger partial charge in [-0.2, -0.15) is 0 Å². The summed E-state index contributed by atoms with van der Waals surface area (Å²) < 4.78 is 0.973. The van der Waals surface area contributed by atoms with Crippen LogP contribution < -0.4 is 17.1 Å². The highest BCUT2D eigenvalue weighted by Crippen LogP contribution is 2.08. The molecule has 0 aliphatic heterocycles. The van der Waals surface area contributed by atoms with E-state index in [0.717, 1.165) is 9.44 Å². The number of aromatic nitrogens is 3. The number of H-pyrrole nitrogens is 2. The maximum absolute atomic E-state index is 11.3. The highest BCUT2D eigenvalue weighted by molar-refractivity contribution is 7.09. The van der Waals surface area contributed by atoms with Crippen LogP contribution in [-0.4, -0.2) is 14.5 Å². The molecule has 0 atom stereocenters. The van der Waals surface area contributed by atoms with Gasteiger partial charge in [0.1, 0.15) is 0 Å². The Morgan fingerprint density at radius 3 is 2.44 bits per heavy atom. The van der Waals surface area contributed by atoms with Crippen LogP contribution in [-0.2, 0) is 13.0 Å². The molecular weight excluding hydrogens is 230 g/mol. The topological polar surface area (TPSA) is 87.7 Å². The van der Waals surface area contributed by atoms with Gasteiger partial charge in [0.2, 0.25) is 0 Å². The first kappa shape index (κ1) is 10.6. The number of aromatic amines is 2. The number of hydrogen-bond acceptors (Lipinski definition) is 4. The Morgan fingerprint density at radius 2 is 1.88 bits per heavy atom. The van der Waals surface area contributed by atoms with Gasteiger partial charge in [0.25, 0.3) is 0 Å². The smallest absolute Gasteiger partial charge is 0.259 e. The predicted octanol–water partition coefficient (Wildman–Crippen LogP) is -0.471. The third-order valence-electron chi connectivity index (χ3n) is 2.09. The van der Waals surface area contributed by atoms with Gasteiger partial charge in [-0.1, -0.05) is 6.07 Å². The lowest BCUT2D eigenvalue weighted by Crippen LogP contribution is -2.43. The lowest BCUT2D eigenvalue weighted by Gasteiger charge is -2.00. The van der Waals surface area contributed by atoms with Gasteiger partial charge >= 0.3 is 17.1 Å². The maximum atomic E-state index is 11.3. The van der Waals surface area contributed by atoms with Crippen molar-refractivity contribution in [3.8, 4) is 0 Å². The van der Waals surface area contributed by atoms with Crippen LogP contribution >= 0.6 is 11.3 Å². The number of aryl methyl sites for hydroxylation is 1. The standard InChI is InChI=1S/C9H9N3O3S/c13-7-10-8(14)12(9(15)11-7)4-3-6-2-1-5-16-6/h1-2,5H,3-4H2,(H2,10,11,13,14,15). The molecule has 2 N–H and O–H groups in total. The van der Waals surface area contributed by atoms with Crippen LogP contribution in [0.5, 0.6) is 0 Å². The second kappa shape index (κ2) is 4.31. The van der Waals surface area contributed by atoms with E-state index in [4.69, 9.17) is 0 Å². The Labute approximate surface area is 93.2 Å². The summed E-state index contributed by atoms with van der Waals surface area (Å²) in [5.74, 6) is 0. The van der Waals surface area contributed by atoms with E-state index in [-0.39, 0.29) is 6.54 Å². The molecule has 6 nitrogen and oxygen atoms in total. The van der Waals surface area contributed by atoms with Gasteiger partial charge in [0.05, 0.1) is 0 Å². The van der Waals surface area contributed by atoms with Crippen LogP contribution in [0.3, 0.4) is 0 Å². The Bertz CT molecular complexity index is 601. The van der Waals surface area contributed by atoms with Crippen molar-refractivity contribution >= 4 is 11.3 Å². The molecule has 2 rings (SSSR count). The Morgan fingerprint density at radius 1 is 1.19 bits per heavy atom. The van der Waals surface area contributed by atoms with Crippen LogP contribution in [0.25, 0.3) is 0 Å². The van der Waals surface area contributed by atoms with E-state index in [2.05, 4.69) is 0 Å². The minimum Gasteiger partial charge on any atom is -0.259 e. The van der Waals surface area contributed by atoms with E-state index < -0.39 is 17.1 Å². The maximum Gasteiger partial charge on any atom is 0.333 e. The summed E-state index contributed by atoms with van der Waals surface area (Å²) in [5.41, 5.74) is -2.13. The summed E-state index contributed by atoms with van der Waals surface area (Å²) in [7, 11) is 0. The Kier molecular flexibility index (Phi) is 2.86. The van der Waals surface area contributed by atoms with E-state index in [9.17, 15) is 14.4 Å². The van der Waals surface area contributed by atoms with Crippen LogP contribution in [0, 0.1) is 0 Å². The molecule has 0 saturated carbocycles. The first-order valence-corrected chi connectivity index (χ1v) is 5.50. The van der Waals surface area contributed by atoms with E-state index in [0.29, 0.717) is 6.42 Å². The van der Waals surface area contributed by atoms with E-state index >= 15 is 0 Å². The van der Waals surface area contributed by atoms with Gasteiger partial charge in [-0.15, -0.1) is 11.3 Å². The normalized spacial score (nSPS) is 10.5. The molecule has 0 unspecified atom stereocenters. The van der Waals surface area contributed by atoms with Gasteiger partial charge in [-0.3, -0.25) is 9.97 Å². The van der Waals surface area contributed by atoms with Gasteiger partial charge in [-0.25, -0.2) is 19.0 Å². The molecule has 16 heavy (non-hydrogen) atoms. The van der Waals surface area contributed by atoms with Crippen molar-refractivity contribution in [2.45, 2.75) is 13.0 Å². The average molecular weight is 239 g/mol. The quantitative estimate of drug-likeness (QED) is 0.759. The molecule has 0 aliphatic rings. The number of nitrogens with zero attached hydrogens (tertiary/aromatic N) is 1. The third-order valence-corrected chi connectivity index (χ3v) is 3.03. The zero-order valence-electron chi connectivity index (χ0n) is 8.23. The highest BCUT2D eigenvalue weighted by Gasteiger charge is 2.03. The van der Waals surface area contributed by atoms with Crippen LogP contribution in [0.2, 0.25) is 0 Å².